The quantitative estimate of drug-likeness (QED) is 0.682. The van der Waals surface area contributed by atoms with E-state index in [1.165, 1.54) is 0 Å². The number of nitrogens with zero attached hydrogens (tertiary/aromatic N) is 4. The van der Waals surface area contributed by atoms with Gasteiger partial charge in [0.2, 0.25) is 0 Å². The van der Waals surface area contributed by atoms with E-state index in [0.29, 0.717) is 56.5 Å². The zero-order chi connectivity index (χ0) is 20.8. The first-order valence-corrected chi connectivity index (χ1v) is 10.2. The van der Waals surface area contributed by atoms with Gasteiger partial charge in [0.05, 0.1) is 13.2 Å². The van der Waals surface area contributed by atoms with Crippen molar-refractivity contribution >= 4 is 11.7 Å². The molecule has 1 aliphatic heterocycles. The maximum atomic E-state index is 12.9. The van der Waals surface area contributed by atoms with Crippen molar-refractivity contribution in [1.29, 1.82) is 0 Å². The molecule has 1 aliphatic rings. The number of anilines is 1. The highest BCUT2D eigenvalue weighted by Crippen LogP contribution is 2.24. The maximum absolute atomic E-state index is 12.9. The molecule has 1 N–H and O–H groups in total. The standard InChI is InChI=1S/C23H25N5O2/c1-17-5-4-6-18(15-17)21-26-16-20(22(27-21)28-11-13-30-14-12-28)23(29)25-10-8-19-7-2-3-9-24-19/h2-7,9,15-16H,8,10-14H2,1H3,(H,25,29). The Balaban J connectivity index is 1.56. The summed E-state index contributed by atoms with van der Waals surface area (Å²) in [5.74, 6) is 1.09. The third kappa shape index (κ3) is 4.80. The van der Waals surface area contributed by atoms with Crippen molar-refractivity contribution in [2.45, 2.75) is 13.3 Å². The molecule has 3 heterocycles. The van der Waals surface area contributed by atoms with Crippen molar-refractivity contribution in [3.05, 3.63) is 71.7 Å². The molecule has 2 aromatic heterocycles. The number of benzene rings is 1. The van der Waals surface area contributed by atoms with Crippen molar-refractivity contribution in [2.75, 3.05) is 37.7 Å². The first kappa shape index (κ1) is 20.0. The molecule has 0 radical (unpaired) electrons. The lowest BCUT2D eigenvalue weighted by atomic mass is 10.1. The molecule has 3 aromatic rings. The number of carbonyl (C=O) groups excluding carboxylic acids is 1. The molecule has 0 bridgehead atoms. The van der Waals surface area contributed by atoms with Gasteiger partial charge in [-0.1, -0.05) is 29.8 Å². The third-order valence-electron chi connectivity index (χ3n) is 4.99. The lowest BCUT2D eigenvalue weighted by Crippen LogP contribution is -2.39. The van der Waals surface area contributed by atoms with Crippen LogP contribution in [0.1, 0.15) is 21.6 Å². The van der Waals surface area contributed by atoms with Crippen LogP contribution >= 0.6 is 0 Å². The number of rotatable bonds is 6. The van der Waals surface area contributed by atoms with Gasteiger partial charge in [-0.3, -0.25) is 9.78 Å². The molecule has 0 atom stereocenters. The minimum atomic E-state index is -0.178. The molecule has 7 nitrogen and oxygen atoms in total. The van der Waals surface area contributed by atoms with Crippen molar-refractivity contribution in [2.24, 2.45) is 0 Å². The number of morpholine rings is 1. The van der Waals surface area contributed by atoms with Crippen LogP contribution in [0.4, 0.5) is 5.82 Å². The second-order valence-electron chi connectivity index (χ2n) is 7.23. The smallest absolute Gasteiger partial charge is 0.256 e. The van der Waals surface area contributed by atoms with Gasteiger partial charge in [0, 0.05) is 49.7 Å². The number of hydrogen-bond donors (Lipinski definition) is 1. The minimum absolute atomic E-state index is 0.178. The van der Waals surface area contributed by atoms with Gasteiger partial charge in [-0.15, -0.1) is 0 Å². The summed E-state index contributed by atoms with van der Waals surface area (Å²) in [5.41, 5.74) is 3.50. The van der Waals surface area contributed by atoms with E-state index in [1.54, 1.807) is 12.4 Å². The topological polar surface area (TPSA) is 80.2 Å². The Morgan fingerprint density at radius 2 is 2.00 bits per heavy atom. The SMILES string of the molecule is Cc1cccc(-c2ncc(C(=O)NCCc3ccccn3)c(N3CCOCC3)n2)c1. The Morgan fingerprint density at radius 3 is 2.77 bits per heavy atom. The fourth-order valence-corrected chi connectivity index (χ4v) is 3.42. The largest absolute Gasteiger partial charge is 0.378 e. The van der Waals surface area contributed by atoms with E-state index in [-0.39, 0.29) is 5.91 Å². The normalized spacial score (nSPS) is 13.8. The summed E-state index contributed by atoms with van der Waals surface area (Å²) in [6.07, 6.45) is 4.05. The molecular weight excluding hydrogens is 378 g/mol. The van der Waals surface area contributed by atoms with Crippen LogP contribution in [0.15, 0.2) is 54.9 Å². The van der Waals surface area contributed by atoms with Crippen LogP contribution in [0.5, 0.6) is 0 Å². The molecular formula is C23H25N5O2. The van der Waals surface area contributed by atoms with Crippen LogP contribution in [0.3, 0.4) is 0 Å². The van der Waals surface area contributed by atoms with Gasteiger partial charge in [-0.05, 0) is 25.1 Å². The van der Waals surface area contributed by atoms with Crippen LogP contribution in [0.2, 0.25) is 0 Å². The number of pyridine rings is 1. The Kier molecular flexibility index (Phi) is 6.29. The number of ether oxygens (including phenoxy) is 1. The second-order valence-corrected chi connectivity index (χ2v) is 7.23. The highest BCUT2D eigenvalue weighted by atomic mass is 16.5. The van der Waals surface area contributed by atoms with Crippen LogP contribution in [-0.4, -0.2) is 53.7 Å². The van der Waals surface area contributed by atoms with Crippen LogP contribution in [-0.2, 0) is 11.2 Å². The zero-order valence-corrected chi connectivity index (χ0v) is 17.0. The van der Waals surface area contributed by atoms with E-state index in [0.717, 1.165) is 16.8 Å². The molecule has 0 unspecified atom stereocenters. The summed E-state index contributed by atoms with van der Waals surface area (Å²) in [5, 5.41) is 2.98. The lowest BCUT2D eigenvalue weighted by Gasteiger charge is -2.29. The number of aryl methyl sites for hydroxylation is 1. The van der Waals surface area contributed by atoms with Crippen LogP contribution in [0, 0.1) is 6.92 Å². The molecule has 1 aromatic carbocycles. The number of aromatic nitrogens is 3. The first-order chi connectivity index (χ1) is 14.7. The Morgan fingerprint density at radius 1 is 1.13 bits per heavy atom. The fraction of sp³-hybridized carbons (Fsp3) is 0.304. The molecule has 0 saturated carbocycles. The zero-order valence-electron chi connectivity index (χ0n) is 17.0. The molecule has 30 heavy (non-hydrogen) atoms. The average Bonchev–Trinajstić information content (AvgIpc) is 2.80. The third-order valence-corrected chi connectivity index (χ3v) is 4.99. The minimum Gasteiger partial charge on any atom is -0.378 e. The molecule has 4 rings (SSSR count). The highest BCUT2D eigenvalue weighted by Gasteiger charge is 2.22. The lowest BCUT2D eigenvalue weighted by molar-refractivity contribution is 0.0951. The van der Waals surface area contributed by atoms with Crippen molar-refractivity contribution in [3.8, 4) is 11.4 Å². The van der Waals surface area contributed by atoms with Gasteiger partial charge >= 0.3 is 0 Å². The highest BCUT2D eigenvalue weighted by molar-refractivity contribution is 5.99. The molecule has 7 heteroatoms. The van der Waals surface area contributed by atoms with Crippen molar-refractivity contribution in [1.82, 2.24) is 20.3 Å². The van der Waals surface area contributed by atoms with Gasteiger partial charge in [-0.25, -0.2) is 9.97 Å². The molecule has 1 fully saturated rings. The van der Waals surface area contributed by atoms with Gasteiger partial charge in [-0.2, -0.15) is 0 Å². The Bertz CT molecular complexity index is 1000. The Hall–Kier alpha value is -3.32. The van der Waals surface area contributed by atoms with Gasteiger partial charge in [0.15, 0.2) is 5.82 Å². The Labute approximate surface area is 176 Å². The molecule has 0 spiro atoms. The van der Waals surface area contributed by atoms with E-state index in [4.69, 9.17) is 9.72 Å². The summed E-state index contributed by atoms with van der Waals surface area (Å²) in [6.45, 7) is 5.15. The van der Waals surface area contributed by atoms with Gasteiger partial charge in [0.1, 0.15) is 11.4 Å². The van der Waals surface area contributed by atoms with E-state index in [1.807, 2.05) is 49.4 Å². The number of nitrogens with one attached hydrogen (secondary N) is 1. The summed E-state index contributed by atoms with van der Waals surface area (Å²) in [6, 6.07) is 13.8. The van der Waals surface area contributed by atoms with Crippen molar-refractivity contribution in [3.63, 3.8) is 0 Å². The maximum Gasteiger partial charge on any atom is 0.256 e. The summed E-state index contributed by atoms with van der Waals surface area (Å²) in [4.78, 5) is 28.6. The van der Waals surface area contributed by atoms with E-state index < -0.39 is 0 Å². The first-order valence-electron chi connectivity index (χ1n) is 10.2. The van der Waals surface area contributed by atoms with Crippen molar-refractivity contribution < 1.29 is 9.53 Å². The van der Waals surface area contributed by atoms with E-state index in [2.05, 4.69) is 20.2 Å². The summed E-state index contributed by atoms with van der Waals surface area (Å²) >= 11 is 0. The van der Waals surface area contributed by atoms with Gasteiger partial charge < -0.3 is 15.0 Å². The average molecular weight is 403 g/mol. The predicted octanol–water partition coefficient (Wildman–Crippen LogP) is 2.66. The number of amides is 1. The van der Waals surface area contributed by atoms with Gasteiger partial charge in [0.25, 0.3) is 5.91 Å². The predicted molar refractivity (Wildman–Crippen MR) is 116 cm³/mol. The molecule has 1 saturated heterocycles. The summed E-state index contributed by atoms with van der Waals surface area (Å²) < 4.78 is 5.47. The monoisotopic (exact) mass is 403 g/mol. The molecule has 0 aliphatic carbocycles. The number of hydrogen-bond acceptors (Lipinski definition) is 6. The number of carbonyl (C=O) groups is 1. The molecule has 1 amide bonds. The second kappa shape index (κ2) is 9.45. The van der Waals surface area contributed by atoms with E-state index >= 15 is 0 Å². The fourth-order valence-electron chi connectivity index (χ4n) is 3.42. The van der Waals surface area contributed by atoms with Crippen LogP contribution < -0.4 is 10.2 Å². The molecule has 154 valence electrons. The summed E-state index contributed by atoms with van der Waals surface area (Å²) in [7, 11) is 0. The van der Waals surface area contributed by atoms with Crippen LogP contribution in [0.25, 0.3) is 11.4 Å². The van der Waals surface area contributed by atoms with E-state index in [9.17, 15) is 4.79 Å².